The molecule has 0 amide bonds. The topological polar surface area (TPSA) is 89.6 Å². The molecule has 1 heterocycles. The van der Waals surface area contributed by atoms with Gasteiger partial charge >= 0.3 is 0 Å². The molecule has 22 heavy (non-hydrogen) atoms. The summed E-state index contributed by atoms with van der Waals surface area (Å²) in [6.07, 6.45) is 1.61. The van der Waals surface area contributed by atoms with Crippen LogP contribution in [-0.4, -0.2) is 20.1 Å². The average Bonchev–Trinajstić information content (AvgIpc) is 2.76. The number of phenolic OH excluding ortho intramolecular Hbond substituents is 1. The van der Waals surface area contributed by atoms with Crippen LogP contribution in [0, 0.1) is 0 Å². The van der Waals surface area contributed by atoms with Crippen molar-refractivity contribution in [3.63, 3.8) is 0 Å². The zero-order chi connectivity index (χ0) is 15.7. The van der Waals surface area contributed by atoms with E-state index in [9.17, 15) is 13.5 Å². The van der Waals surface area contributed by atoms with E-state index in [1.807, 2.05) is 6.07 Å². The van der Waals surface area contributed by atoms with Gasteiger partial charge in [0.2, 0.25) is 9.84 Å². The van der Waals surface area contributed by atoms with Crippen molar-refractivity contribution < 1.29 is 18.3 Å². The van der Waals surface area contributed by atoms with Gasteiger partial charge in [-0.1, -0.05) is 18.2 Å². The van der Waals surface area contributed by atoms with E-state index in [2.05, 4.69) is 0 Å². The molecule has 2 aromatic carbocycles. The molecule has 0 bridgehead atoms. The van der Waals surface area contributed by atoms with Crippen molar-refractivity contribution in [1.82, 2.24) is 0 Å². The number of benzene rings is 2. The van der Waals surface area contributed by atoms with Crippen LogP contribution >= 0.6 is 0 Å². The summed E-state index contributed by atoms with van der Waals surface area (Å²) in [6, 6.07) is 11.3. The van der Waals surface area contributed by atoms with Gasteiger partial charge in [0, 0.05) is 12.6 Å². The number of ether oxygens (including phenoxy) is 1. The molecule has 6 heteroatoms. The number of nitrogens with two attached hydrogens (primary N) is 1. The summed E-state index contributed by atoms with van der Waals surface area (Å²) in [6.45, 7) is 0.181. The van der Waals surface area contributed by atoms with Crippen LogP contribution in [-0.2, 0) is 16.4 Å². The Kier molecular flexibility index (Phi) is 3.64. The number of phenols is 1. The minimum atomic E-state index is -3.54. The van der Waals surface area contributed by atoms with E-state index in [1.165, 1.54) is 12.1 Å². The predicted octanol–water partition coefficient (Wildman–Crippen LogP) is 2.06. The maximum atomic E-state index is 12.5. The van der Waals surface area contributed by atoms with Gasteiger partial charge in [-0.2, -0.15) is 0 Å². The zero-order valence-corrected chi connectivity index (χ0v) is 12.5. The van der Waals surface area contributed by atoms with Crippen LogP contribution in [0.5, 0.6) is 11.5 Å². The number of aromatic hydroxyl groups is 1. The number of sulfone groups is 1. The van der Waals surface area contributed by atoms with Crippen molar-refractivity contribution in [2.45, 2.75) is 11.4 Å². The molecule has 114 valence electrons. The second-order valence-electron chi connectivity index (χ2n) is 4.93. The maximum Gasteiger partial charge on any atom is 0.206 e. The van der Waals surface area contributed by atoms with Gasteiger partial charge in [-0.25, -0.2) is 8.42 Å². The first-order chi connectivity index (χ1) is 10.5. The Morgan fingerprint density at radius 1 is 1.14 bits per heavy atom. The van der Waals surface area contributed by atoms with Crippen LogP contribution in [0.1, 0.15) is 11.1 Å². The lowest BCUT2D eigenvalue weighted by Crippen LogP contribution is -2.09. The molecule has 0 saturated heterocycles. The van der Waals surface area contributed by atoms with Crippen molar-refractivity contribution in [3.05, 3.63) is 58.5 Å². The van der Waals surface area contributed by atoms with E-state index in [4.69, 9.17) is 10.5 Å². The molecule has 3 rings (SSSR count). The van der Waals surface area contributed by atoms with E-state index in [0.29, 0.717) is 11.3 Å². The summed E-state index contributed by atoms with van der Waals surface area (Å²) in [4.78, 5) is 0.455. The second-order valence-corrected chi connectivity index (χ2v) is 6.90. The highest BCUT2D eigenvalue weighted by molar-refractivity contribution is 7.95. The van der Waals surface area contributed by atoms with Crippen LogP contribution in [0.2, 0.25) is 0 Å². The fourth-order valence-corrected chi connectivity index (χ4v) is 3.90. The number of rotatable bonds is 4. The predicted molar refractivity (Wildman–Crippen MR) is 83.1 cm³/mol. The minimum Gasteiger partial charge on any atom is -0.508 e. The van der Waals surface area contributed by atoms with Gasteiger partial charge in [-0.15, -0.1) is 0 Å². The van der Waals surface area contributed by atoms with Gasteiger partial charge in [0.1, 0.15) is 18.1 Å². The van der Waals surface area contributed by atoms with Gasteiger partial charge in [-0.05, 0) is 35.4 Å². The summed E-state index contributed by atoms with van der Waals surface area (Å²) in [5.41, 5.74) is 7.08. The fraction of sp³-hybridized carbons (Fsp3) is 0.125. The van der Waals surface area contributed by atoms with E-state index in [0.717, 1.165) is 5.56 Å². The average molecular weight is 317 g/mol. The van der Waals surface area contributed by atoms with Crippen molar-refractivity contribution in [2.24, 2.45) is 5.73 Å². The lowest BCUT2D eigenvalue weighted by molar-refractivity contribution is 0.356. The highest BCUT2D eigenvalue weighted by Gasteiger charge is 2.31. The Balaban J connectivity index is 1.89. The summed E-state index contributed by atoms with van der Waals surface area (Å²) in [7, 11) is -3.54. The van der Waals surface area contributed by atoms with Crippen LogP contribution in [0.3, 0.4) is 0 Å². The molecule has 2 aromatic rings. The Bertz CT molecular complexity index is 856. The minimum absolute atomic E-state index is 0.0643. The summed E-state index contributed by atoms with van der Waals surface area (Å²) in [5, 5.41) is 9.39. The van der Waals surface area contributed by atoms with E-state index >= 15 is 0 Å². The molecule has 0 unspecified atom stereocenters. The first-order valence-corrected chi connectivity index (χ1v) is 8.20. The Labute approximate surface area is 128 Å². The Morgan fingerprint density at radius 2 is 1.91 bits per heavy atom. The molecule has 0 atom stereocenters. The lowest BCUT2D eigenvalue weighted by Gasteiger charge is -2.07. The molecule has 3 N–H and O–H groups in total. The normalized spacial score (nSPS) is 15.2. The second kappa shape index (κ2) is 5.47. The lowest BCUT2D eigenvalue weighted by atomic mass is 10.1. The van der Waals surface area contributed by atoms with Crippen LogP contribution in [0.15, 0.2) is 52.3 Å². The summed E-state index contributed by atoms with van der Waals surface area (Å²) < 4.78 is 30.5. The van der Waals surface area contributed by atoms with E-state index in [1.54, 1.807) is 30.3 Å². The standard InChI is InChI=1S/C16H15NO4S/c17-9-11-3-1-6-16-15(11)8-14(22(16,19)20)10-21-13-5-2-4-12(18)7-13/h1-8,18H,9-10,17H2. The third-order valence-corrected chi connectivity index (χ3v) is 5.38. The molecule has 0 spiro atoms. The van der Waals surface area contributed by atoms with E-state index in [-0.39, 0.29) is 28.7 Å². The smallest absolute Gasteiger partial charge is 0.206 e. The molecule has 5 nitrogen and oxygen atoms in total. The third-order valence-electron chi connectivity index (χ3n) is 3.52. The highest BCUT2D eigenvalue weighted by Crippen LogP contribution is 2.35. The summed E-state index contributed by atoms with van der Waals surface area (Å²) in [5.74, 6) is 0.473. The first kappa shape index (κ1) is 14.6. The van der Waals surface area contributed by atoms with Gasteiger partial charge in [0.25, 0.3) is 0 Å². The van der Waals surface area contributed by atoms with Crippen molar-refractivity contribution in [2.75, 3.05) is 6.61 Å². The molecule has 0 saturated carbocycles. The quantitative estimate of drug-likeness (QED) is 0.901. The van der Waals surface area contributed by atoms with Gasteiger partial charge in [0.05, 0.1) is 9.80 Å². The molecule has 1 aliphatic heterocycles. The van der Waals surface area contributed by atoms with Gasteiger partial charge in [0.15, 0.2) is 0 Å². The van der Waals surface area contributed by atoms with Crippen LogP contribution < -0.4 is 10.5 Å². The van der Waals surface area contributed by atoms with Crippen LogP contribution in [0.25, 0.3) is 6.08 Å². The number of hydrogen-bond donors (Lipinski definition) is 2. The molecular weight excluding hydrogens is 302 g/mol. The maximum absolute atomic E-state index is 12.5. The number of hydrogen-bond acceptors (Lipinski definition) is 5. The molecule has 0 radical (unpaired) electrons. The van der Waals surface area contributed by atoms with Crippen molar-refractivity contribution >= 4 is 15.9 Å². The van der Waals surface area contributed by atoms with Crippen molar-refractivity contribution in [1.29, 1.82) is 0 Å². The van der Waals surface area contributed by atoms with Gasteiger partial charge < -0.3 is 15.6 Å². The number of fused-ring (bicyclic) bond motifs is 1. The monoisotopic (exact) mass is 317 g/mol. The van der Waals surface area contributed by atoms with E-state index < -0.39 is 9.84 Å². The molecule has 0 aromatic heterocycles. The molecule has 1 aliphatic rings. The third kappa shape index (κ3) is 2.47. The SMILES string of the molecule is NCc1cccc2c1C=C(COc1cccc(O)c1)S2(=O)=O. The Hall–Kier alpha value is -2.31. The zero-order valence-electron chi connectivity index (χ0n) is 11.7. The van der Waals surface area contributed by atoms with Crippen LogP contribution in [0.4, 0.5) is 0 Å². The first-order valence-electron chi connectivity index (χ1n) is 6.72. The molecular formula is C16H15NO4S. The molecule has 0 fully saturated rings. The largest absolute Gasteiger partial charge is 0.508 e. The summed E-state index contributed by atoms with van der Waals surface area (Å²) >= 11 is 0. The van der Waals surface area contributed by atoms with Crippen molar-refractivity contribution in [3.8, 4) is 11.5 Å². The Morgan fingerprint density at radius 3 is 2.64 bits per heavy atom. The fourth-order valence-electron chi connectivity index (χ4n) is 2.39. The van der Waals surface area contributed by atoms with Gasteiger partial charge in [-0.3, -0.25) is 0 Å². The highest BCUT2D eigenvalue weighted by atomic mass is 32.2. The molecule has 0 aliphatic carbocycles.